The van der Waals surface area contributed by atoms with Gasteiger partial charge in [0.2, 0.25) is 0 Å². The van der Waals surface area contributed by atoms with Crippen molar-refractivity contribution in [2.45, 2.75) is 44.9 Å². The fourth-order valence-corrected chi connectivity index (χ4v) is 1.40. The average Bonchev–Trinajstić information content (AvgIpc) is 2.05. The zero-order valence-corrected chi connectivity index (χ0v) is 9.58. The van der Waals surface area contributed by atoms with E-state index in [1.807, 2.05) is 20.8 Å². The first kappa shape index (κ1) is 12.3. The maximum atomic E-state index is 11.4. The minimum absolute atomic E-state index is 0.0476. The van der Waals surface area contributed by atoms with Crippen LogP contribution in [-0.2, 0) is 9.47 Å². The molecule has 5 nitrogen and oxygen atoms in total. The number of amides is 1. The van der Waals surface area contributed by atoms with Crippen LogP contribution < -0.4 is 11.1 Å². The van der Waals surface area contributed by atoms with Crippen LogP contribution in [0.5, 0.6) is 0 Å². The van der Waals surface area contributed by atoms with Crippen molar-refractivity contribution in [1.82, 2.24) is 5.32 Å². The summed E-state index contributed by atoms with van der Waals surface area (Å²) >= 11 is 0. The normalized spacial score (nSPS) is 27.2. The van der Waals surface area contributed by atoms with Gasteiger partial charge < -0.3 is 20.5 Å². The predicted octanol–water partition coefficient (Wildman–Crippen LogP) is 0.627. The molecule has 0 aromatic heterocycles. The third kappa shape index (κ3) is 4.48. The smallest absolute Gasteiger partial charge is 0.407 e. The van der Waals surface area contributed by atoms with Gasteiger partial charge in [-0.25, -0.2) is 4.79 Å². The summed E-state index contributed by atoms with van der Waals surface area (Å²) in [7, 11) is 0. The lowest BCUT2D eigenvalue weighted by Gasteiger charge is -2.30. The molecule has 1 aliphatic heterocycles. The summed E-state index contributed by atoms with van der Waals surface area (Å²) in [6, 6.07) is -0.195. The molecule has 1 fully saturated rings. The Hall–Kier alpha value is -0.810. The van der Waals surface area contributed by atoms with Gasteiger partial charge in [-0.3, -0.25) is 0 Å². The number of carbonyl (C=O) groups is 1. The highest BCUT2D eigenvalue weighted by atomic mass is 16.6. The van der Waals surface area contributed by atoms with Gasteiger partial charge in [0.05, 0.1) is 12.6 Å². The van der Waals surface area contributed by atoms with Crippen LogP contribution in [0.25, 0.3) is 0 Å². The Morgan fingerprint density at radius 3 is 2.73 bits per heavy atom. The predicted molar refractivity (Wildman–Crippen MR) is 56.6 cm³/mol. The summed E-state index contributed by atoms with van der Waals surface area (Å²) in [5.74, 6) is 0. The highest BCUT2D eigenvalue weighted by molar-refractivity contribution is 5.68. The molecule has 1 saturated heterocycles. The van der Waals surface area contributed by atoms with Gasteiger partial charge in [0.25, 0.3) is 0 Å². The van der Waals surface area contributed by atoms with Crippen LogP contribution in [0.4, 0.5) is 4.79 Å². The molecule has 0 bridgehead atoms. The van der Waals surface area contributed by atoms with E-state index in [4.69, 9.17) is 15.2 Å². The molecule has 0 aromatic rings. The third-order valence-electron chi connectivity index (χ3n) is 2.10. The van der Waals surface area contributed by atoms with Crippen molar-refractivity contribution in [3.8, 4) is 0 Å². The first-order valence-corrected chi connectivity index (χ1v) is 5.21. The van der Waals surface area contributed by atoms with Gasteiger partial charge in [0.15, 0.2) is 0 Å². The molecule has 1 rings (SSSR count). The number of hydrogen-bond donors (Lipinski definition) is 2. The topological polar surface area (TPSA) is 73.6 Å². The molecule has 15 heavy (non-hydrogen) atoms. The second-order valence-corrected chi connectivity index (χ2v) is 4.78. The summed E-state index contributed by atoms with van der Waals surface area (Å²) in [4.78, 5) is 11.4. The largest absolute Gasteiger partial charge is 0.444 e. The highest BCUT2D eigenvalue weighted by Gasteiger charge is 2.26. The van der Waals surface area contributed by atoms with E-state index in [0.29, 0.717) is 13.2 Å². The molecule has 0 spiro atoms. The minimum atomic E-state index is -0.473. The zero-order valence-electron chi connectivity index (χ0n) is 9.58. The van der Waals surface area contributed by atoms with E-state index >= 15 is 0 Å². The summed E-state index contributed by atoms with van der Waals surface area (Å²) in [5.41, 5.74) is 5.32. The molecular formula is C10H20N2O3. The molecule has 0 radical (unpaired) electrons. The van der Waals surface area contributed by atoms with Crippen molar-refractivity contribution in [3.05, 3.63) is 0 Å². The molecule has 1 aliphatic rings. The molecule has 2 atom stereocenters. The van der Waals surface area contributed by atoms with Crippen LogP contribution in [0.1, 0.15) is 27.2 Å². The van der Waals surface area contributed by atoms with Crippen LogP contribution in [0.3, 0.4) is 0 Å². The SMILES string of the molecule is CC(C)(C)OC(=O)NC1CCOCC1N. The second kappa shape index (κ2) is 4.81. The summed E-state index contributed by atoms with van der Waals surface area (Å²) in [6.45, 7) is 6.61. The van der Waals surface area contributed by atoms with Gasteiger partial charge >= 0.3 is 6.09 Å². The average molecular weight is 216 g/mol. The minimum Gasteiger partial charge on any atom is -0.444 e. The lowest BCUT2D eigenvalue weighted by Crippen LogP contribution is -2.53. The summed E-state index contributed by atoms with van der Waals surface area (Å²) in [5, 5.41) is 2.76. The molecule has 2 unspecified atom stereocenters. The van der Waals surface area contributed by atoms with E-state index in [0.717, 1.165) is 6.42 Å². The molecule has 3 N–H and O–H groups in total. The number of rotatable bonds is 1. The maximum absolute atomic E-state index is 11.4. The van der Waals surface area contributed by atoms with Crippen molar-refractivity contribution in [1.29, 1.82) is 0 Å². The molecule has 0 aliphatic carbocycles. The Balaban J connectivity index is 2.36. The number of nitrogens with two attached hydrogens (primary N) is 1. The van der Waals surface area contributed by atoms with Gasteiger partial charge in [0, 0.05) is 12.6 Å². The van der Waals surface area contributed by atoms with E-state index < -0.39 is 11.7 Å². The highest BCUT2D eigenvalue weighted by Crippen LogP contribution is 2.09. The molecular weight excluding hydrogens is 196 g/mol. The van der Waals surface area contributed by atoms with Crippen LogP contribution in [0.2, 0.25) is 0 Å². The van der Waals surface area contributed by atoms with E-state index in [2.05, 4.69) is 5.32 Å². The first-order valence-electron chi connectivity index (χ1n) is 5.21. The number of nitrogens with one attached hydrogen (secondary N) is 1. The van der Waals surface area contributed by atoms with E-state index in [9.17, 15) is 4.79 Å². The van der Waals surface area contributed by atoms with Gasteiger partial charge in [-0.05, 0) is 27.2 Å². The Labute approximate surface area is 90.3 Å². The van der Waals surface area contributed by atoms with Gasteiger partial charge in [-0.15, -0.1) is 0 Å². The molecule has 88 valence electrons. The lowest BCUT2D eigenvalue weighted by molar-refractivity contribution is 0.0342. The Morgan fingerprint density at radius 1 is 1.53 bits per heavy atom. The van der Waals surface area contributed by atoms with Gasteiger partial charge in [-0.1, -0.05) is 0 Å². The monoisotopic (exact) mass is 216 g/mol. The zero-order chi connectivity index (χ0) is 11.5. The molecule has 0 saturated carbocycles. The fraction of sp³-hybridized carbons (Fsp3) is 0.900. The molecule has 0 aromatic carbocycles. The van der Waals surface area contributed by atoms with Crippen molar-refractivity contribution >= 4 is 6.09 Å². The van der Waals surface area contributed by atoms with E-state index in [1.54, 1.807) is 0 Å². The quantitative estimate of drug-likeness (QED) is 0.674. The second-order valence-electron chi connectivity index (χ2n) is 4.78. The Kier molecular flexibility index (Phi) is 3.93. The Morgan fingerprint density at radius 2 is 2.20 bits per heavy atom. The Bertz CT molecular complexity index is 225. The number of carbonyl (C=O) groups excluding carboxylic acids is 1. The van der Waals surface area contributed by atoms with Crippen LogP contribution in [0, 0.1) is 0 Å². The van der Waals surface area contributed by atoms with Crippen LogP contribution in [-0.4, -0.2) is 37.0 Å². The molecule has 5 heteroatoms. The van der Waals surface area contributed by atoms with Crippen molar-refractivity contribution < 1.29 is 14.3 Å². The van der Waals surface area contributed by atoms with Gasteiger partial charge in [0.1, 0.15) is 5.60 Å². The third-order valence-corrected chi connectivity index (χ3v) is 2.10. The van der Waals surface area contributed by atoms with Crippen molar-refractivity contribution in [2.75, 3.05) is 13.2 Å². The maximum Gasteiger partial charge on any atom is 0.407 e. The summed E-state index contributed by atoms with van der Waals surface area (Å²) in [6.07, 6.45) is 0.324. The fourth-order valence-electron chi connectivity index (χ4n) is 1.40. The van der Waals surface area contributed by atoms with E-state index in [1.165, 1.54) is 0 Å². The number of alkyl carbamates (subject to hydrolysis) is 1. The van der Waals surface area contributed by atoms with Crippen LogP contribution >= 0.6 is 0 Å². The standard InChI is InChI=1S/C10H20N2O3/c1-10(2,3)15-9(13)12-8-4-5-14-6-7(8)11/h7-8H,4-6,11H2,1-3H3,(H,12,13). The summed E-state index contributed by atoms with van der Waals surface area (Å²) < 4.78 is 10.3. The van der Waals surface area contributed by atoms with Crippen molar-refractivity contribution in [2.24, 2.45) is 5.73 Å². The molecule has 1 amide bonds. The molecule has 1 heterocycles. The lowest BCUT2D eigenvalue weighted by atomic mass is 10.1. The van der Waals surface area contributed by atoms with Crippen LogP contribution in [0.15, 0.2) is 0 Å². The number of hydrogen-bond acceptors (Lipinski definition) is 4. The van der Waals surface area contributed by atoms with Gasteiger partial charge in [-0.2, -0.15) is 0 Å². The van der Waals surface area contributed by atoms with Crippen molar-refractivity contribution in [3.63, 3.8) is 0 Å². The number of ether oxygens (including phenoxy) is 2. The first-order chi connectivity index (χ1) is 6.88. The van der Waals surface area contributed by atoms with E-state index in [-0.39, 0.29) is 12.1 Å².